The second-order valence-corrected chi connectivity index (χ2v) is 6.00. The number of unbranched alkanes of at least 4 members (excludes halogenated alkanes) is 1. The van der Waals surface area contributed by atoms with Gasteiger partial charge in [0.15, 0.2) is 5.11 Å². The number of carbonyl (C=O) groups is 1. The summed E-state index contributed by atoms with van der Waals surface area (Å²) < 4.78 is 6.65. The van der Waals surface area contributed by atoms with E-state index in [4.69, 9.17) is 28.6 Å². The molecule has 0 aromatic carbocycles. The van der Waals surface area contributed by atoms with Gasteiger partial charge in [0.05, 0.1) is 12.3 Å². The van der Waals surface area contributed by atoms with Gasteiger partial charge in [-0.2, -0.15) is 5.10 Å². The Morgan fingerprint density at radius 3 is 2.78 bits per heavy atom. The quantitative estimate of drug-likeness (QED) is 0.507. The van der Waals surface area contributed by atoms with Gasteiger partial charge >= 0.3 is 0 Å². The Labute approximate surface area is 147 Å². The highest BCUT2D eigenvalue weighted by Gasteiger charge is 2.20. The Balaban J connectivity index is 2.61. The smallest absolute Gasteiger partial charge is 0.274 e. The van der Waals surface area contributed by atoms with Crippen LogP contribution in [0.25, 0.3) is 0 Å². The molecule has 0 saturated heterocycles. The molecule has 1 aromatic heterocycles. The Bertz CT molecular complexity index is 550. The van der Waals surface area contributed by atoms with E-state index in [0.717, 1.165) is 12.8 Å². The number of aryl methyl sites for hydroxylation is 2. The van der Waals surface area contributed by atoms with Crippen molar-refractivity contribution in [1.82, 2.24) is 25.9 Å². The zero-order valence-corrected chi connectivity index (χ0v) is 15.5. The third-order valence-electron chi connectivity index (χ3n) is 3.10. The number of hydrazine groups is 1. The maximum Gasteiger partial charge on any atom is 0.274 e. The maximum absolute atomic E-state index is 12.3. The van der Waals surface area contributed by atoms with Crippen LogP contribution < -0.4 is 16.2 Å². The lowest BCUT2D eigenvalue weighted by Gasteiger charge is -2.16. The molecule has 1 atom stereocenters. The van der Waals surface area contributed by atoms with Crippen LogP contribution in [0.15, 0.2) is 0 Å². The molecule has 1 amide bonds. The van der Waals surface area contributed by atoms with Crippen molar-refractivity contribution in [2.75, 3.05) is 13.7 Å². The first kappa shape index (κ1) is 19.7. The van der Waals surface area contributed by atoms with E-state index in [1.165, 1.54) is 0 Å². The normalized spacial score (nSPS) is 11.9. The number of hydrogen-bond acceptors (Lipinski definition) is 4. The number of nitrogens with one attached hydrogen (secondary N) is 3. The highest BCUT2D eigenvalue weighted by atomic mass is 35.5. The maximum atomic E-state index is 12.3. The fraction of sp³-hybridized carbons (Fsp3) is 0.643. The van der Waals surface area contributed by atoms with Crippen molar-refractivity contribution in [2.45, 2.75) is 46.2 Å². The molecule has 7 nitrogen and oxygen atoms in total. The number of amides is 1. The highest BCUT2D eigenvalue weighted by molar-refractivity contribution is 7.80. The van der Waals surface area contributed by atoms with Gasteiger partial charge in [-0.25, -0.2) is 0 Å². The molecule has 0 fully saturated rings. The summed E-state index contributed by atoms with van der Waals surface area (Å²) in [5, 5.41) is 7.91. The number of rotatable bonds is 7. The topological polar surface area (TPSA) is 80.2 Å². The van der Waals surface area contributed by atoms with Gasteiger partial charge in [-0.3, -0.25) is 20.3 Å². The average molecular weight is 362 g/mol. The summed E-state index contributed by atoms with van der Waals surface area (Å²) in [7, 11) is 1.61. The van der Waals surface area contributed by atoms with Gasteiger partial charge in [0.25, 0.3) is 5.91 Å². The van der Waals surface area contributed by atoms with Crippen molar-refractivity contribution in [3.63, 3.8) is 0 Å². The molecule has 0 saturated carbocycles. The van der Waals surface area contributed by atoms with Crippen LogP contribution in [0.2, 0.25) is 5.15 Å². The van der Waals surface area contributed by atoms with Crippen molar-refractivity contribution in [2.24, 2.45) is 0 Å². The summed E-state index contributed by atoms with van der Waals surface area (Å²) in [6, 6.07) is 0.0269. The molecule has 0 radical (unpaired) electrons. The minimum Gasteiger partial charge on any atom is -0.383 e. The van der Waals surface area contributed by atoms with Crippen molar-refractivity contribution >= 4 is 34.8 Å². The summed E-state index contributed by atoms with van der Waals surface area (Å²) in [6.45, 7) is 6.94. The Hall–Kier alpha value is -1.38. The molecule has 1 heterocycles. The van der Waals surface area contributed by atoms with Crippen LogP contribution in [0.4, 0.5) is 0 Å². The summed E-state index contributed by atoms with van der Waals surface area (Å²) in [6.07, 6.45) is 1.98. The minimum absolute atomic E-state index is 0.0269. The second-order valence-electron chi connectivity index (χ2n) is 5.24. The van der Waals surface area contributed by atoms with Crippen LogP contribution in [0.5, 0.6) is 0 Å². The lowest BCUT2D eigenvalue weighted by atomic mass is 10.2. The van der Waals surface area contributed by atoms with Crippen LogP contribution in [-0.4, -0.2) is 40.6 Å². The Kier molecular flexibility index (Phi) is 8.29. The van der Waals surface area contributed by atoms with Crippen molar-refractivity contribution < 1.29 is 9.53 Å². The van der Waals surface area contributed by atoms with Gasteiger partial charge in [0, 0.05) is 19.7 Å². The van der Waals surface area contributed by atoms with Crippen molar-refractivity contribution in [1.29, 1.82) is 0 Å². The van der Waals surface area contributed by atoms with Gasteiger partial charge in [0.1, 0.15) is 10.7 Å². The molecule has 0 unspecified atom stereocenters. The molecule has 9 heteroatoms. The molecular weight excluding hydrogens is 338 g/mol. The third-order valence-corrected chi connectivity index (χ3v) is 3.70. The first-order valence-corrected chi connectivity index (χ1v) is 8.28. The number of carbonyl (C=O) groups excluding carboxylic acids is 1. The monoisotopic (exact) mass is 361 g/mol. The molecular formula is C14H24ClN5O2S. The number of ether oxygens (including phenoxy) is 1. The summed E-state index contributed by atoms with van der Waals surface area (Å²) in [5.41, 5.74) is 6.10. The standard InChI is InChI=1S/C14H24ClN5O2S/c1-5-6-7-20-12(15)11(10(3)19-20)13(21)17-18-14(23)16-9(2)8-22-4/h9H,5-8H2,1-4H3,(H,17,21)(H2,16,18,23)/t9-/m1/s1. The van der Waals surface area contributed by atoms with E-state index in [0.29, 0.717) is 34.7 Å². The molecule has 23 heavy (non-hydrogen) atoms. The predicted molar refractivity (Wildman–Crippen MR) is 94.6 cm³/mol. The molecule has 1 aromatic rings. The minimum atomic E-state index is -0.376. The first-order valence-electron chi connectivity index (χ1n) is 7.49. The van der Waals surface area contributed by atoms with Gasteiger partial charge in [-0.05, 0) is 32.5 Å². The number of halogens is 1. The Morgan fingerprint density at radius 1 is 1.48 bits per heavy atom. The number of methoxy groups -OCH3 is 1. The molecule has 0 aliphatic rings. The highest BCUT2D eigenvalue weighted by Crippen LogP contribution is 2.20. The van der Waals surface area contributed by atoms with Gasteiger partial charge < -0.3 is 10.1 Å². The van der Waals surface area contributed by atoms with Crippen LogP contribution in [-0.2, 0) is 11.3 Å². The van der Waals surface area contributed by atoms with Gasteiger partial charge in [-0.15, -0.1) is 0 Å². The van der Waals surface area contributed by atoms with E-state index in [-0.39, 0.29) is 11.9 Å². The molecule has 1 rings (SSSR count). The van der Waals surface area contributed by atoms with E-state index < -0.39 is 0 Å². The van der Waals surface area contributed by atoms with Crippen LogP contribution in [0, 0.1) is 6.92 Å². The average Bonchev–Trinajstić information content (AvgIpc) is 2.77. The second kappa shape index (κ2) is 9.69. The van der Waals surface area contributed by atoms with Crippen molar-refractivity contribution in [3.8, 4) is 0 Å². The fourth-order valence-electron chi connectivity index (χ4n) is 1.99. The van der Waals surface area contributed by atoms with Crippen molar-refractivity contribution in [3.05, 3.63) is 16.4 Å². The van der Waals surface area contributed by atoms with E-state index >= 15 is 0 Å². The van der Waals surface area contributed by atoms with Crippen LogP contribution >= 0.6 is 23.8 Å². The number of aromatic nitrogens is 2. The largest absolute Gasteiger partial charge is 0.383 e. The third kappa shape index (κ3) is 5.96. The van der Waals surface area contributed by atoms with Crippen LogP contribution in [0.1, 0.15) is 42.7 Å². The zero-order chi connectivity index (χ0) is 17.4. The fourth-order valence-corrected chi connectivity index (χ4v) is 2.59. The van der Waals surface area contributed by atoms with Crippen LogP contribution in [0.3, 0.4) is 0 Å². The number of hydrogen-bond donors (Lipinski definition) is 3. The molecule has 0 bridgehead atoms. The van der Waals surface area contributed by atoms with E-state index in [9.17, 15) is 4.79 Å². The predicted octanol–water partition coefficient (Wildman–Crippen LogP) is 1.79. The van der Waals surface area contributed by atoms with Gasteiger partial charge in [0.2, 0.25) is 0 Å². The molecule has 0 aliphatic carbocycles. The van der Waals surface area contributed by atoms with Gasteiger partial charge in [-0.1, -0.05) is 24.9 Å². The van der Waals surface area contributed by atoms with E-state index in [2.05, 4.69) is 28.2 Å². The lowest BCUT2D eigenvalue weighted by Crippen LogP contribution is -2.50. The van der Waals surface area contributed by atoms with E-state index in [1.54, 1.807) is 18.7 Å². The lowest BCUT2D eigenvalue weighted by molar-refractivity contribution is 0.0943. The Morgan fingerprint density at radius 2 is 2.17 bits per heavy atom. The van der Waals surface area contributed by atoms with E-state index in [1.807, 2.05) is 6.92 Å². The first-order chi connectivity index (χ1) is 10.9. The number of nitrogens with zero attached hydrogens (tertiary/aromatic N) is 2. The molecule has 0 spiro atoms. The summed E-state index contributed by atoms with van der Waals surface area (Å²) in [4.78, 5) is 12.3. The number of thiocarbonyl (C=S) groups is 1. The SMILES string of the molecule is CCCCn1nc(C)c(C(=O)NNC(=S)N[C@H](C)COC)c1Cl. The summed E-state index contributed by atoms with van der Waals surface area (Å²) in [5.74, 6) is -0.376. The molecule has 130 valence electrons. The zero-order valence-electron chi connectivity index (χ0n) is 13.9. The molecule has 0 aliphatic heterocycles. The molecule has 3 N–H and O–H groups in total. The summed E-state index contributed by atoms with van der Waals surface area (Å²) >= 11 is 11.3.